The Hall–Kier alpha value is -3.77. The van der Waals surface area contributed by atoms with E-state index < -0.39 is 0 Å². The van der Waals surface area contributed by atoms with Gasteiger partial charge < -0.3 is 19.7 Å². The molecule has 0 aliphatic carbocycles. The zero-order valence-corrected chi connectivity index (χ0v) is 23.2. The highest BCUT2D eigenvalue weighted by Crippen LogP contribution is 2.41. The van der Waals surface area contributed by atoms with Crippen LogP contribution < -0.4 is 21.3 Å². The molecule has 4 N–H and O–H groups in total. The summed E-state index contributed by atoms with van der Waals surface area (Å²) in [6.07, 6.45) is 3.35. The number of thiophene rings is 1. The number of benzene rings is 1. The molecule has 0 bridgehead atoms. The van der Waals surface area contributed by atoms with E-state index in [1.54, 1.807) is 36.5 Å². The molecule has 0 unspecified atom stereocenters. The zero-order valence-electron chi connectivity index (χ0n) is 22.4. The Bertz CT molecular complexity index is 1610. The number of aliphatic hydroxyl groups excluding tert-OH is 2. The lowest BCUT2D eigenvalue weighted by Crippen LogP contribution is -2.33. The van der Waals surface area contributed by atoms with Gasteiger partial charge in [-0.25, -0.2) is 5.84 Å². The molecule has 0 atom stereocenters. The average molecular weight is 549 g/mol. The zero-order chi connectivity index (χ0) is 28.1. The van der Waals surface area contributed by atoms with E-state index in [1.807, 2.05) is 18.2 Å². The molecule has 1 amide bonds. The number of anilines is 3. The Morgan fingerprint density at radius 3 is 2.59 bits per heavy atom. The molecule has 4 aromatic rings. The van der Waals surface area contributed by atoms with Crippen LogP contribution in [0.5, 0.6) is 0 Å². The quantitative estimate of drug-likeness (QED) is 0.239. The monoisotopic (exact) mass is 548 g/mol. The number of rotatable bonds is 7. The first kappa shape index (κ1) is 26.8. The Morgan fingerprint density at radius 2 is 1.92 bits per heavy atom. The van der Waals surface area contributed by atoms with Crippen molar-refractivity contribution in [2.24, 2.45) is 12.9 Å². The van der Waals surface area contributed by atoms with Gasteiger partial charge in [-0.15, -0.1) is 11.3 Å². The maximum atomic E-state index is 13.5. The minimum atomic E-state index is -0.325. The van der Waals surface area contributed by atoms with Crippen molar-refractivity contribution < 1.29 is 15.0 Å². The molecule has 0 saturated heterocycles. The first-order valence-corrected chi connectivity index (χ1v) is 13.4. The minimum Gasteiger partial charge on any atom is -0.394 e. The van der Waals surface area contributed by atoms with Gasteiger partial charge in [-0.05, 0) is 34.7 Å². The number of fused-ring (bicyclic) bond motifs is 1. The third-order valence-corrected chi connectivity index (χ3v) is 8.44. The highest BCUT2D eigenvalue weighted by atomic mass is 32.1. The van der Waals surface area contributed by atoms with Crippen LogP contribution in [0.1, 0.15) is 46.4 Å². The fourth-order valence-corrected chi connectivity index (χ4v) is 5.94. The summed E-state index contributed by atoms with van der Waals surface area (Å²) in [7, 11) is 1.63. The summed E-state index contributed by atoms with van der Waals surface area (Å²) in [6.45, 7) is 6.76. The average Bonchev–Trinajstić information content (AvgIpc) is 3.61. The maximum Gasteiger partial charge on any atom is 0.275 e. The molecular weight excluding hydrogens is 516 g/mol. The van der Waals surface area contributed by atoms with Crippen molar-refractivity contribution >= 4 is 34.4 Å². The van der Waals surface area contributed by atoms with Crippen LogP contribution in [-0.2, 0) is 32.2 Å². The lowest BCUT2D eigenvalue weighted by Gasteiger charge is -2.23. The van der Waals surface area contributed by atoms with E-state index in [0.29, 0.717) is 41.3 Å². The van der Waals surface area contributed by atoms with E-state index in [-0.39, 0.29) is 35.8 Å². The molecule has 0 radical (unpaired) electrons. The largest absolute Gasteiger partial charge is 0.394 e. The van der Waals surface area contributed by atoms with E-state index in [9.17, 15) is 19.8 Å². The maximum absolute atomic E-state index is 13.5. The number of carbonyl (C=O) groups is 1. The van der Waals surface area contributed by atoms with Gasteiger partial charge in [0.1, 0.15) is 5.69 Å². The number of pyridine rings is 1. The molecular formula is C28H32N6O4S. The Balaban J connectivity index is 1.53. The molecule has 39 heavy (non-hydrogen) atoms. The summed E-state index contributed by atoms with van der Waals surface area (Å²) in [5.74, 6) is 6.59. The fourth-order valence-electron chi connectivity index (χ4n) is 4.76. The lowest BCUT2D eigenvalue weighted by atomic mass is 9.94. The summed E-state index contributed by atoms with van der Waals surface area (Å²) >= 11 is 1.53. The van der Waals surface area contributed by atoms with E-state index in [2.05, 4.69) is 31.9 Å². The Labute approximate surface area is 230 Å². The van der Waals surface area contributed by atoms with E-state index in [1.165, 1.54) is 30.5 Å². The summed E-state index contributed by atoms with van der Waals surface area (Å²) in [6, 6.07) is 10.9. The topological polar surface area (TPSA) is 130 Å². The molecule has 10 nitrogen and oxygen atoms in total. The number of aliphatic hydroxyl groups is 2. The van der Waals surface area contributed by atoms with Crippen LogP contribution in [0.15, 0.2) is 53.6 Å². The van der Waals surface area contributed by atoms with Crippen LogP contribution in [0.3, 0.4) is 0 Å². The number of hydrogen-bond donors (Lipinski definition) is 3. The number of aryl methyl sites for hydroxylation is 1. The van der Waals surface area contributed by atoms with E-state index in [0.717, 1.165) is 10.4 Å². The molecule has 3 aromatic heterocycles. The van der Waals surface area contributed by atoms with Crippen molar-refractivity contribution in [1.82, 2.24) is 14.3 Å². The van der Waals surface area contributed by atoms with Crippen molar-refractivity contribution in [2.75, 3.05) is 16.5 Å². The smallest absolute Gasteiger partial charge is 0.275 e. The van der Waals surface area contributed by atoms with Gasteiger partial charge in [0.25, 0.3) is 11.5 Å². The number of hydrogen-bond acceptors (Lipinski definition) is 8. The standard InChI is InChI=1S/C28H32N6O4S/c1-28(2,3)23-13-18-15-33(27(38)25(18)39-23)21-7-5-6-19(20(21)16-36)17-12-22(26(37)31(4)14-17)34(29)24-8-9-32(30-24)10-11-35/h5-9,12-14,35-36H,10-11,15-16,29H2,1-4H3. The van der Waals surface area contributed by atoms with Gasteiger partial charge in [0.2, 0.25) is 0 Å². The van der Waals surface area contributed by atoms with Crippen LogP contribution in [0.4, 0.5) is 17.2 Å². The fraction of sp³-hybridized carbons (Fsp3) is 0.321. The van der Waals surface area contributed by atoms with E-state index in [4.69, 9.17) is 5.84 Å². The Kier molecular flexibility index (Phi) is 6.93. The molecule has 1 aliphatic heterocycles. The lowest BCUT2D eigenvalue weighted by molar-refractivity contribution is 0.0999. The highest BCUT2D eigenvalue weighted by molar-refractivity contribution is 7.14. The minimum absolute atomic E-state index is 0.0366. The normalized spacial score (nSPS) is 13.3. The predicted molar refractivity (Wildman–Crippen MR) is 152 cm³/mol. The molecule has 1 aromatic carbocycles. The Morgan fingerprint density at radius 1 is 1.15 bits per heavy atom. The summed E-state index contributed by atoms with van der Waals surface area (Å²) < 4.78 is 2.96. The summed E-state index contributed by atoms with van der Waals surface area (Å²) in [4.78, 5) is 30.1. The van der Waals surface area contributed by atoms with Crippen LogP contribution in [0.2, 0.25) is 0 Å². The number of nitrogens with two attached hydrogens (primary N) is 1. The van der Waals surface area contributed by atoms with Crippen molar-refractivity contribution in [2.45, 2.75) is 45.9 Å². The van der Waals surface area contributed by atoms with Crippen LogP contribution in [0.25, 0.3) is 11.1 Å². The molecule has 0 spiro atoms. The van der Waals surface area contributed by atoms with Crippen LogP contribution >= 0.6 is 11.3 Å². The van der Waals surface area contributed by atoms with Gasteiger partial charge in [0.05, 0.1) is 36.9 Å². The number of carbonyl (C=O) groups excluding carboxylic acids is 1. The first-order valence-electron chi connectivity index (χ1n) is 12.6. The second kappa shape index (κ2) is 10.1. The predicted octanol–water partition coefficient (Wildman–Crippen LogP) is 3.26. The van der Waals surface area contributed by atoms with Crippen molar-refractivity contribution in [3.8, 4) is 11.1 Å². The number of nitrogens with zero attached hydrogens (tertiary/aromatic N) is 5. The first-order chi connectivity index (χ1) is 18.5. The third kappa shape index (κ3) is 4.78. The van der Waals surface area contributed by atoms with Gasteiger partial charge >= 0.3 is 0 Å². The molecule has 4 heterocycles. The van der Waals surface area contributed by atoms with Crippen molar-refractivity contribution in [1.29, 1.82) is 0 Å². The van der Waals surface area contributed by atoms with Gasteiger partial charge in [-0.3, -0.25) is 19.3 Å². The number of amides is 1. The van der Waals surface area contributed by atoms with Gasteiger partial charge in [-0.1, -0.05) is 32.9 Å². The van der Waals surface area contributed by atoms with E-state index >= 15 is 0 Å². The second-order valence-corrected chi connectivity index (χ2v) is 11.7. The van der Waals surface area contributed by atoms with Gasteiger partial charge in [-0.2, -0.15) is 5.10 Å². The van der Waals surface area contributed by atoms with Crippen molar-refractivity contribution in [3.63, 3.8) is 0 Å². The number of hydrazine groups is 1. The SMILES string of the molecule is Cn1cc(-c2cccc(N3Cc4cc(C(C)(C)C)sc4C3=O)c2CO)cc(N(N)c2ccn(CCO)n2)c1=O. The molecule has 0 fully saturated rings. The second-order valence-electron chi connectivity index (χ2n) is 10.6. The van der Waals surface area contributed by atoms with Gasteiger partial charge in [0.15, 0.2) is 5.82 Å². The summed E-state index contributed by atoms with van der Waals surface area (Å²) in [5, 5.41) is 25.2. The molecule has 5 rings (SSSR count). The van der Waals surface area contributed by atoms with Crippen molar-refractivity contribution in [3.05, 3.63) is 80.0 Å². The van der Waals surface area contributed by atoms with Crippen LogP contribution in [-0.4, -0.2) is 37.1 Å². The third-order valence-electron chi connectivity index (χ3n) is 6.85. The van der Waals surface area contributed by atoms with Crippen LogP contribution in [0, 0.1) is 0 Å². The number of aromatic nitrogens is 3. The molecule has 11 heteroatoms. The summed E-state index contributed by atoms with van der Waals surface area (Å²) in [5.41, 5.74) is 3.37. The van der Waals surface area contributed by atoms with Gasteiger partial charge in [0, 0.05) is 41.5 Å². The molecule has 204 valence electrons. The molecule has 0 saturated carbocycles. The molecule has 1 aliphatic rings. The highest BCUT2D eigenvalue weighted by Gasteiger charge is 2.34.